The summed E-state index contributed by atoms with van der Waals surface area (Å²) in [5.74, 6) is 0.0872. The van der Waals surface area contributed by atoms with Crippen LogP contribution in [0.2, 0.25) is 0 Å². The van der Waals surface area contributed by atoms with Crippen LogP contribution in [0, 0.1) is 6.92 Å². The molecule has 2 saturated heterocycles. The summed E-state index contributed by atoms with van der Waals surface area (Å²) >= 11 is 0. The van der Waals surface area contributed by atoms with E-state index < -0.39 is 5.54 Å². The highest BCUT2D eigenvalue weighted by Gasteiger charge is 2.63. The molecule has 0 saturated carbocycles. The Balaban J connectivity index is 1.85. The van der Waals surface area contributed by atoms with E-state index in [4.69, 9.17) is 4.74 Å². The SMILES string of the molecule is CC(=O)CCC(C)=C(C)C12NC(c3ccc(C)cc3)OC1NC2=O. The zero-order valence-electron chi connectivity index (χ0n) is 14.6. The molecule has 5 heteroatoms. The number of benzene rings is 1. The van der Waals surface area contributed by atoms with Crippen LogP contribution in [-0.2, 0) is 14.3 Å². The van der Waals surface area contributed by atoms with Crippen molar-refractivity contribution in [3.8, 4) is 0 Å². The summed E-state index contributed by atoms with van der Waals surface area (Å²) in [6.45, 7) is 7.56. The highest BCUT2D eigenvalue weighted by molar-refractivity contribution is 5.97. The Kier molecular flexibility index (Phi) is 4.32. The molecule has 1 aromatic carbocycles. The van der Waals surface area contributed by atoms with Crippen molar-refractivity contribution in [1.82, 2.24) is 10.6 Å². The van der Waals surface area contributed by atoms with Gasteiger partial charge in [0.2, 0.25) is 0 Å². The predicted octanol–water partition coefficient (Wildman–Crippen LogP) is 2.51. The normalized spacial score (nSPS) is 29.4. The second kappa shape index (κ2) is 6.15. The van der Waals surface area contributed by atoms with Gasteiger partial charge >= 0.3 is 0 Å². The third-order valence-electron chi connectivity index (χ3n) is 5.11. The molecule has 3 atom stereocenters. The number of carbonyl (C=O) groups excluding carboxylic acids is 2. The summed E-state index contributed by atoms with van der Waals surface area (Å²) in [6, 6.07) is 8.09. The van der Waals surface area contributed by atoms with Gasteiger partial charge in [0.1, 0.15) is 12.0 Å². The highest BCUT2D eigenvalue weighted by atomic mass is 16.5. The van der Waals surface area contributed by atoms with Gasteiger partial charge in [-0.05, 0) is 45.3 Å². The number of carbonyl (C=O) groups is 2. The quantitative estimate of drug-likeness (QED) is 0.644. The average molecular weight is 328 g/mol. The van der Waals surface area contributed by atoms with Crippen molar-refractivity contribution in [2.45, 2.75) is 58.5 Å². The smallest absolute Gasteiger partial charge is 0.251 e. The zero-order valence-corrected chi connectivity index (χ0v) is 14.6. The molecule has 0 aromatic heterocycles. The number of ether oxygens (including phenoxy) is 1. The van der Waals surface area contributed by atoms with Crippen LogP contribution >= 0.6 is 0 Å². The van der Waals surface area contributed by atoms with Crippen molar-refractivity contribution in [3.63, 3.8) is 0 Å². The van der Waals surface area contributed by atoms with Gasteiger partial charge in [-0.3, -0.25) is 10.1 Å². The van der Waals surface area contributed by atoms with Gasteiger partial charge in [0.05, 0.1) is 0 Å². The van der Waals surface area contributed by atoms with Crippen molar-refractivity contribution < 1.29 is 14.3 Å². The van der Waals surface area contributed by atoms with E-state index >= 15 is 0 Å². The number of β-lactam (4-membered cyclic amide) rings is 1. The number of fused-ring (bicyclic) bond motifs is 1. The van der Waals surface area contributed by atoms with Crippen molar-refractivity contribution in [3.05, 3.63) is 46.5 Å². The first-order chi connectivity index (χ1) is 11.3. The van der Waals surface area contributed by atoms with Crippen LogP contribution in [0.3, 0.4) is 0 Å². The summed E-state index contributed by atoms with van der Waals surface area (Å²) in [6.07, 6.45) is 0.460. The van der Waals surface area contributed by atoms with Crippen molar-refractivity contribution in [2.75, 3.05) is 0 Å². The fourth-order valence-electron chi connectivity index (χ4n) is 3.30. The molecule has 2 fully saturated rings. The lowest BCUT2D eigenvalue weighted by Gasteiger charge is -2.43. The molecule has 0 spiro atoms. The van der Waals surface area contributed by atoms with Gasteiger partial charge in [-0.1, -0.05) is 35.4 Å². The molecule has 0 aliphatic carbocycles. The number of nitrogens with one attached hydrogen (secondary N) is 2. The van der Waals surface area contributed by atoms with Crippen molar-refractivity contribution >= 4 is 11.7 Å². The van der Waals surface area contributed by atoms with Crippen LogP contribution in [0.1, 0.15) is 51.0 Å². The monoisotopic (exact) mass is 328 g/mol. The largest absolute Gasteiger partial charge is 0.333 e. The predicted molar refractivity (Wildman–Crippen MR) is 91.1 cm³/mol. The summed E-state index contributed by atoms with van der Waals surface area (Å²) in [4.78, 5) is 23.6. The number of hydrogen-bond acceptors (Lipinski definition) is 4. The van der Waals surface area contributed by atoms with E-state index in [9.17, 15) is 9.59 Å². The maximum atomic E-state index is 12.4. The van der Waals surface area contributed by atoms with Gasteiger partial charge in [-0.2, -0.15) is 0 Å². The number of allylic oxidation sites excluding steroid dienone is 1. The standard InChI is InChI=1S/C19H24N2O3/c1-11-5-9-15(10-6-11)16-21-19(17(23)20-18(19)24-16)14(4)12(2)7-8-13(3)22/h5-6,9-10,16,18,21H,7-8H2,1-4H3,(H,20,23). The minimum Gasteiger partial charge on any atom is -0.333 e. The molecule has 2 heterocycles. The Bertz CT molecular complexity index is 708. The van der Waals surface area contributed by atoms with Gasteiger partial charge in [0.15, 0.2) is 11.8 Å². The van der Waals surface area contributed by atoms with Gasteiger partial charge < -0.3 is 14.8 Å². The highest BCUT2D eigenvalue weighted by Crippen LogP contribution is 2.42. The van der Waals surface area contributed by atoms with E-state index in [1.807, 2.05) is 45.0 Å². The van der Waals surface area contributed by atoms with E-state index in [2.05, 4.69) is 10.6 Å². The third-order valence-corrected chi connectivity index (χ3v) is 5.11. The number of rotatable bonds is 5. The third kappa shape index (κ3) is 2.68. The maximum Gasteiger partial charge on any atom is 0.251 e. The van der Waals surface area contributed by atoms with Gasteiger partial charge in [-0.15, -0.1) is 0 Å². The first kappa shape index (κ1) is 16.9. The van der Waals surface area contributed by atoms with Crippen molar-refractivity contribution in [2.24, 2.45) is 0 Å². The molecule has 3 unspecified atom stereocenters. The lowest BCUT2D eigenvalue weighted by molar-refractivity contribution is -0.144. The molecule has 0 radical (unpaired) electrons. The fourth-order valence-corrected chi connectivity index (χ4v) is 3.30. The molecule has 2 N–H and O–H groups in total. The van der Waals surface area contributed by atoms with E-state index in [0.29, 0.717) is 12.8 Å². The van der Waals surface area contributed by atoms with Gasteiger partial charge in [0.25, 0.3) is 5.91 Å². The molecule has 1 aromatic rings. The number of ketones is 1. The second-order valence-electron chi connectivity index (χ2n) is 6.84. The molecular weight excluding hydrogens is 304 g/mol. The molecule has 2 aliphatic heterocycles. The number of Topliss-reactive ketones (excluding diaryl/α,β-unsaturated/α-hetero) is 1. The van der Waals surface area contributed by atoms with Crippen LogP contribution < -0.4 is 10.6 Å². The Morgan fingerprint density at radius 1 is 1.17 bits per heavy atom. The average Bonchev–Trinajstić information content (AvgIpc) is 2.86. The summed E-state index contributed by atoms with van der Waals surface area (Å²) < 4.78 is 6.01. The van der Waals surface area contributed by atoms with E-state index in [-0.39, 0.29) is 24.1 Å². The topological polar surface area (TPSA) is 67.4 Å². The molecule has 128 valence electrons. The molecule has 3 rings (SSSR count). The number of amides is 1. The Hall–Kier alpha value is -1.98. The van der Waals surface area contributed by atoms with Crippen LogP contribution in [0.5, 0.6) is 0 Å². The minimum atomic E-state index is -0.823. The zero-order chi connectivity index (χ0) is 17.5. The number of hydrogen-bond donors (Lipinski definition) is 2. The van der Waals surface area contributed by atoms with Crippen LogP contribution in [0.25, 0.3) is 0 Å². The summed E-state index contributed by atoms with van der Waals surface area (Å²) in [7, 11) is 0. The van der Waals surface area contributed by atoms with Crippen LogP contribution in [-0.4, -0.2) is 23.5 Å². The van der Waals surface area contributed by atoms with E-state index in [0.717, 1.165) is 16.7 Å². The van der Waals surface area contributed by atoms with E-state index in [1.165, 1.54) is 5.56 Å². The Labute approximate surface area is 142 Å². The van der Waals surface area contributed by atoms with Gasteiger partial charge in [-0.25, -0.2) is 0 Å². The number of aryl methyl sites for hydroxylation is 1. The molecule has 5 nitrogen and oxygen atoms in total. The van der Waals surface area contributed by atoms with Crippen LogP contribution in [0.15, 0.2) is 35.4 Å². The Morgan fingerprint density at radius 2 is 1.83 bits per heavy atom. The van der Waals surface area contributed by atoms with Crippen molar-refractivity contribution in [1.29, 1.82) is 0 Å². The molecular formula is C19H24N2O3. The lowest BCUT2D eigenvalue weighted by Crippen LogP contribution is -2.75. The minimum absolute atomic E-state index is 0.0678. The fraction of sp³-hybridized carbons (Fsp3) is 0.474. The maximum absolute atomic E-state index is 12.4. The summed E-state index contributed by atoms with van der Waals surface area (Å²) in [5, 5.41) is 6.21. The first-order valence-electron chi connectivity index (χ1n) is 8.31. The Morgan fingerprint density at radius 3 is 2.42 bits per heavy atom. The lowest BCUT2D eigenvalue weighted by atomic mass is 9.79. The molecule has 2 aliphatic rings. The van der Waals surface area contributed by atoms with E-state index in [1.54, 1.807) is 6.92 Å². The molecule has 1 amide bonds. The van der Waals surface area contributed by atoms with Gasteiger partial charge in [0, 0.05) is 6.42 Å². The van der Waals surface area contributed by atoms with Crippen LogP contribution in [0.4, 0.5) is 0 Å². The molecule has 0 bridgehead atoms. The summed E-state index contributed by atoms with van der Waals surface area (Å²) in [5.41, 5.74) is 3.37. The molecule has 24 heavy (non-hydrogen) atoms. The first-order valence-corrected chi connectivity index (χ1v) is 8.31. The second-order valence-corrected chi connectivity index (χ2v) is 6.84.